The van der Waals surface area contributed by atoms with Gasteiger partial charge in [0.1, 0.15) is 0 Å². The summed E-state index contributed by atoms with van der Waals surface area (Å²) in [5.41, 5.74) is 0.915. The van der Waals surface area contributed by atoms with Gasteiger partial charge in [0.15, 0.2) is 0 Å². The molecule has 0 heterocycles. The molecule has 0 aliphatic heterocycles. The minimum absolute atomic E-state index is 0.0986. The number of allylic oxidation sites excluding steroid dienone is 4. The number of hydrogen-bond acceptors (Lipinski definition) is 1. The Morgan fingerprint density at radius 2 is 2.00 bits per heavy atom. The highest BCUT2D eigenvalue weighted by Gasteiger charge is 2.21. The largest absolute Gasteiger partial charge is 0.272 e. The molecule has 0 N–H and O–H groups in total. The topological polar surface area (TPSA) is 29.4 Å². The highest BCUT2D eigenvalue weighted by atomic mass is 16.1. The summed E-state index contributed by atoms with van der Waals surface area (Å²) in [4.78, 5) is 16.2. The third-order valence-electron chi connectivity index (χ3n) is 3.44. The van der Waals surface area contributed by atoms with Gasteiger partial charge in [0, 0.05) is 11.8 Å². The van der Waals surface area contributed by atoms with Crippen molar-refractivity contribution in [3.63, 3.8) is 0 Å². The average Bonchev–Trinajstić information content (AvgIpc) is 2.33. The summed E-state index contributed by atoms with van der Waals surface area (Å²) in [6.45, 7) is 2.08. The molecule has 1 fully saturated rings. The standard InChI is InChI=1S/C14H19NO/c1-11-7-5-6-10-13(11)15-14(16)12-8-3-2-4-9-12/h5-7,10-12H,2-4,8-9H2,1H3/b15-13-. The van der Waals surface area contributed by atoms with E-state index in [9.17, 15) is 4.79 Å². The van der Waals surface area contributed by atoms with E-state index in [0.29, 0.717) is 0 Å². The van der Waals surface area contributed by atoms with Crippen LogP contribution in [0.1, 0.15) is 39.0 Å². The number of nitrogens with zero attached hydrogens (tertiary/aromatic N) is 1. The van der Waals surface area contributed by atoms with E-state index in [4.69, 9.17) is 0 Å². The monoisotopic (exact) mass is 217 g/mol. The Morgan fingerprint density at radius 3 is 2.69 bits per heavy atom. The second kappa shape index (κ2) is 5.24. The Labute approximate surface area is 97.1 Å². The van der Waals surface area contributed by atoms with Crippen LogP contribution in [-0.4, -0.2) is 11.6 Å². The Hall–Kier alpha value is -1.18. The molecule has 2 nitrogen and oxygen atoms in total. The summed E-state index contributed by atoms with van der Waals surface area (Å²) in [6.07, 6.45) is 13.7. The zero-order valence-electron chi connectivity index (χ0n) is 9.86. The van der Waals surface area contributed by atoms with Crippen molar-refractivity contribution in [2.24, 2.45) is 16.8 Å². The number of aliphatic imine (C=N–C) groups is 1. The van der Waals surface area contributed by atoms with Crippen LogP contribution in [0.25, 0.3) is 0 Å². The number of hydrogen-bond donors (Lipinski definition) is 0. The van der Waals surface area contributed by atoms with Gasteiger partial charge in [0.2, 0.25) is 5.91 Å². The Balaban J connectivity index is 2.02. The Kier molecular flexibility index (Phi) is 3.70. The molecule has 0 aromatic heterocycles. The molecule has 0 radical (unpaired) electrons. The lowest BCUT2D eigenvalue weighted by Crippen LogP contribution is -2.19. The van der Waals surface area contributed by atoms with Crippen LogP contribution in [0, 0.1) is 11.8 Å². The van der Waals surface area contributed by atoms with E-state index >= 15 is 0 Å². The molecule has 2 heteroatoms. The normalized spacial score (nSPS) is 28.6. The number of rotatable bonds is 1. The first-order valence-electron chi connectivity index (χ1n) is 6.24. The molecule has 0 aromatic rings. The van der Waals surface area contributed by atoms with E-state index in [1.807, 2.05) is 18.2 Å². The van der Waals surface area contributed by atoms with Gasteiger partial charge in [-0.25, -0.2) is 4.99 Å². The number of carbonyl (C=O) groups excluding carboxylic acids is 1. The Bertz CT molecular complexity index is 346. The molecule has 0 aromatic carbocycles. The van der Waals surface area contributed by atoms with E-state index in [1.54, 1.807) is 0 Å². The minimum atomic E-state index is 0.0986. The summed E-state index contributed by atoms with van der Waals surface area (Å²) in [7, 11) is 0. The van der Waals surface area contributed by atoms with E-state index in [0.717, 1.165) is 18.6 Å². The van der Waals surface area contributed by atoms with Crippen LogP contribution in [0.3, 0.4) is 0 Å². The predicted octanol–water partition coefficient (Wildman–Crippen LogP) is 3.30. The second-order valence-electron chi connectivity index (χ2n) is 4.74. The molecule has 2 aliphatic rings. The molecule has 1 unspecified atom stereocenters. The molecule has 0 saturated heterocycles. The van der Waals surface area contributed by atoms with Gasteiger partial charge in [-0.3, -0.25) is 4.79 Å². The molecule has 86 valence electrons. The summed E-state index contributed by atoms with van der Waals surface area (Å²) >= 11 is 0. The van der Waals surface area contributed by atoms with Crippen molar-refractivity contribution >= 4 is 11.6 Å². The first-order valence-corrected chi connectivity index (χ1v) is 6.24. The maximum absolute atomic E-state index is 12.0. The number of amides is 1. The lowest BCUT2D eigenvalue weighted by atomic mass is 9.88. The van der Waals surface area contributed by atoms with Gasteiger partial charge < -0.3 is 0 Å². The van der Waals surface area contributed by atoms with Gasteiger partial charge in [0.05, 0.1) is 5.71 Å². The van der Waals surface area contributed by atoms with Gasteiger partial charge in [-0.1, -0.05) is 44.4 Å². The van der Waals surface area contributed by atoms with Crippen LogP contribution >= 0.6 is 0 Å². The zero-order chi connectivity index (χ0) is 11.4. The summed E-state index contributed by atoms with van der Waals surface area (Å²) in [5, 5.41) is 0. The lowest BCUT2D eigenvalue weighted by Gasteiger charge is -2.19. The predicted molar refractivity (Wildman–Crippen MR) is 66.5 cm³/mol. The van der Waals surface area contributed by atoms with Crippen molar-refractivity contribution in [2.45, 2.75) is 39.0 Å². The van der Waals surface area contributed by atoms with E-state index in [1.165, 1.54) is 19.3 Å². The SMILES string of the molecule is CC1C=CC=C/C1=N/C(=O)C1CCCCC1. The number of carbonyl (C=O) groups is 1. The van der Waals surface area contributed by atoms with Gasteiger partial charge in [-0.05, 0) is 18.9 Å². The van der Waals surface area contributed by atoms with E-state index in [2.05, 4.69) is 18.0 Å². The smallest absolute Gasteiger partial charge is 0.249 e. The van der Waals surface area contributed by atoms with Crippen molar-refractivity contribution in [3.05, 3.63) is 24.3 Å². The van der Waals surface area contributed by atoms with Crippen molar-refractivity contribution in [1.29, 1.82) is 0 Å². The van der Waals surface area contributed by atoms with E-state index in [-0.39, 0.29) is 17.7 Å². The fraction of sp³-hybridized carbons (Fsp3) is 0.571. The van der Waals surface area contributed by atoms with Gasteiger partial charge in [-0.15, -0.1) is 0 Å². The van der Waals surface area contributed by atoms with Crippen LogP contribution in [0.2, 0.25) is 0 Å². The molecule has 1 atom stereocenters. The van der Waals surface area contributed by atoms with Crippen LogP contribution in [0.4, 0.5) is 0 Å². The van der Waals surface area contributed by atoms with Crippen LogP contribution < -0.4 is 0 Å². The third kappa shape index (κ3) is 2.69. The third-order valence-corrected chi connectivity index (χ3v) is 3.44. The zero-order valence-corrected chi connectivity index (χ0v) is 9.86. The molecule has 2 aliphatic carbocycles. The maximum atomic E-state index is 12.0. The van der Waals surface area contributed by atoms with Crippen molar-refractivity contribution in [1.82, 2.24) is 0 Å². The molecule has 1 saturated carbocycles. The fourth-order valence-electron chi connectivity index (χ4n) is 2.34. The van der Waals surface area contributed by atoms with Gasteiger partial charge in [0.25, 0.3) is 0 Å². The summed E-state index contributed by atoms with van der Waals surface area (Å²) in [6, 6.07) is 0. The first kappa shape index (κ1) is 11.3. The molecule has 0 bridgehead atoms. The summed E-state index contributed by atoms with van der Waals surface area (Å²) in [5.74, 6) is 0.562. The van der Waals surface area contributed by atoms with Gasteiger partial charge in [-0.2, -0.15) is 0 Å². The van der Waals surface area contributed by atoms with Crippen molar-refractivity contribution in [3.8, 4) is 0 Å². The molecule has 16 heavy (non-hydrogen) atoms. The highest BCUT2D eigenvalue weighted by Crippen LogP contribution is 2.25. The van der Waals surface area contributed by atoms with Crippen LogP contribution in [0.15, 0.2) is 29.3 Å². The highest BCUT2D eigenvalue weighted by molar-refractivity contribution is 6.05. The average molecular weight is 217 g/mol. The van der Waals surface area contributed by atoms with Gasteiger partial charge >= 0.3 is 0 Å². The van der Waals surface area contributed by atoms with Crippen LogP contribution in [0.5, 0.6) is 0 Å². The molecule has 2 rings (SSSR count). The molecular weight excluding hydrogens is 198 g/mol. The summed E-state index contributed by atoms with van der Waals surface area (Å²) < 4.78 is 0. The molecular formula is C14H19NO. The molecule has 0 spiro atoms. The van der Waals surface area contributed by atoms with E-state index < -0.39 is 0 Å². The molecule has 1 amide bonds. The minimum Gasteiger partial charge on any atom is -0.272 e. The Morgan fingerprint density at radius 1 is 1.25 bits per heavy atom. The maximum Gasteiger partial charge on any atom is 0.249 e. The van der Waals surface area contributed by atoms with Crippen LogP contribution in [-0.2, 0) is 4.79 Å². The second-order valence-corrected chi connectivity index (χ2v) is 4.74. The van der Waals surface area contributed by atoms with Crippen molar-refractivity contribution < 1.29 is 4.79 Å². The quantitative estimate of drug-likeness (QED) is 0.662. The first-order chi connectivity index (χ1) is 7.77. The fourth-order valence-corrected chi connectivity index (χ4v) is 2.34. The van der Waals surface area contributed by atoms with Crippen molar-refractivity contribution in [2.75, 3.05) is 0 Å². The lowest BCUT2D eigenvalue weighted by molar-refractivity contribution is -0.122.